The van der Waals surface area contributed by atoms with Crippen molar-refractivity contribution in [3.8, 4) is 11.5 Å². The van der Waals surface area contributed by atoms with Crippen molar-refractivity contribution in [2.24, 2.45) is 4.99 Å². The number of benzene rings is 2. The van der Waals surface area contributed by atoms with Crippen LogP contribution in [0.2, 0.25) is 0 Å². The van der Waals surface area contributed by atoms with E-state index in [2.05, 4.69) is 11.1 Å². The Morgan fingerprint density at radius 1 is 0.864 bits per heavy atom. The fourth-order valence-electron chi connectivity index (χ4n) is 2.18. The smallest absolute Gasteiger partial charge is 0.195 e. The van der Waals surface area contributed by atoms with E-state index in [9.17, 15) is 0 Å². The summed E-state index contributed by atoms with van der Waals surface area (Å²) in [5.74, 6) is 2.61. The second-order valence-corrected chi connectivity index (χ2v) is 5.47. The summed E-state index contributed by atoms with van der Waals surface area (Å²) in [6.45, 7) is 0.623. The summed E-state index contributed by atoms with van der Waals surface area (Å²) in [5.41, 5.74) is 1.12. The summed E-state index contributed by atoms with van der Waals surface area (Å²) >= 11 is 0. The Hall–Kier alpha value is -2.49. The number of nitrogens with zero attached hydrogens (tertiary/aromatic N) is 3. The first-order valence-electron chi connectivity index (χ1n) is 7.27. The molecule has 0 aliphatic rings. The van der Waals surface area contributed by atoms with Crippen molar-refractivity contribution < 1.29 is 4.74 Å². The van der Waals surface area contributed by atoms with Gasteiger partial charge in [0.2, 0.25) is 0 Å². The van der Waals surface area contributed by atoms with Gasteiger partial charge in [-0.05, 0) is 29.8 Å². The van der Waals surface area contributed by atoms with Gasteiger partial charge in [-0.25, -0.2) is 4.99 Å². The number of aliphatic imine (C=N–C) groups is 1. The Kier molecular flexibility index (Phi) is 5.42. The van der Waals surface area contributed by atoms with Gasteiger partial charge in [0.25, 0.3) is 0 Å². The van der Waals surface area contributed by atoms with Crippen LogP contribution in [0.4, 0.5) is 0 Å². The standard InChI is InChI=1S/C18H23N3O/c1-20(2)18(21(3)4)19-14-15-9-8-12-17(13-15)22-16-10-6-5-7-11-16/h5-13H,14H2,1-4H3. The van der Waals surface area contributed by atoms with Crippen LogP contribution >= 0.6 is 0 Å². The third kappa shape index (κ3) is 4.52. The van der Waals surface area contributed by atoms with Crippen molar-refractivity contribution in [1.82, 2.24) is 9.80 Å². The topological polar surface area (TPSA) is 28.1 Å². The van der Waals surface area contributed by atoms with Gasteiger partial charge in [-0.3, -0.25) is 0 Å². The van der Waals surface area contributed by atoms with Crippen molar-refractivity contribution in [3.63, 3.8) is 0 Å². The molecule has 2 aromatic carbocycles. The third-order valence-electron chi connectivity index (χ3n) is 3.08. The molecule has 0 aromatic heterocycles. The molecule has 0 bridgehead atoms. The first-order valence-corrected chi connectivity index (χ1v) is 7.27. The maximum Gasteiger partial charge on any atom is 0.195 e. The van der Waals surface area contributed by atoms with E-state index in [4.69, 9.17) is 4.74 Å². The summed E-state index contributed by atoms with van der Waals surface area (Å²) in [6, 6.07) is 17.8. The maximum atomic E-state index is 5.85. The van der Waals surface area contributed by atoms with Crippen molar-refractivity contribution >= 4 is 5.96 Å². The van der Waals surface area contributed by atoms with Crippen molar-refractivity contribution in [2.75, 3.05) is 28.2 Å². The number of guanidine groups is 1. The lowest BCUT2D eigenvalue weighted by atomic mass is 10.2. The zero-order chi connectivity index (χ0) is 15.9. The van der Waals surface area contributed by atoms with Gasteiger partial charge in [-0.15, -0.1) is 0 Å². The molecule has 0 saturated carbocycles. The molecule has 0 radical (unpaired) electrons. The summed E-state index contributed by atoms with van der Waals surface area (Å²) in [5, 5.41) is 0. The van der Waals surface area contributed by atoms with Crippen molar-refractivity contribution in [1.29, 1.82) is 0 Å². The summed E-state index contributed by atoms with van der Waals surface area (Å²) in [7, 11) is 7.98. The van der Waals surface area contributed by atoms with Crippen LogP contribution in [0.15, 0.2) is 59.6 Å². The average Bonchev–Trinajstić information content (AvgIpc) is 2.48. The van der Waals surface area contributed by atoms with Gasteiger partial charge in [0.15, 0.2) is 5.96 Å². The lowest BCUT2D eigenvalue weighted by Gasteiger charge is -2.22. The number of rotatable bonds is 4. The maximum absolute atomic E-state index is 5.85. The molecule has 4 heteroatoms. The van der Waals surface area contributed by atoms with Gasteiger partial charge in [-0.1, -0.05) is 30.3 Å². The second-order valence-electron chi connectivity index (χ2n) is 5.47. The highest BCUT2D eigenvalue weighted by Gasteiger charge is 2.04. The normalized spacial score (nSPS) is 10.0. The average molecular weight is 297 g/mol. The van der Waals surface area contributed by atoms with Gasteiger partial charge < -0.3 is 14.5 Å². The molecule has 2 rings (SSSR count). The van der Waals surface area contributed by atoms with Crippen molar-refractivity contribution in [2.45, 2.75) is 6.54 Å². The van der Waals surface area contributed by atoms with Gasteiger partial charge in [0.1, 0.15) is 11.5 Å². The Morgan fingerprint density at radius 2 is 1.50 bits per heavy atom. The highest BCUT2D eigenvalue weighted by molar-refractivity contribution is 5.79. The van der Waals surface area contributed by atoms with Crippen LogP contribution in [0.5, 0.6) is 11.5 Å². The predicted molar refractivity (Wildman–Crippen MR) is 91.5 cm³/mol. The van der Waals surface area contributed by atoms with Crippen LogP contribution in [0, 0.1) is 0 Å². The molecular formula is C18H23N3O. The van der Waals surface area contributed by atoms with E-state index in [1.54, 1.807) is 0 Å². The van der Waals surface area contributed by atoms with Crippen LogP contribution < -0.4 is 4.74 Å². The largest absolute Gasteiger partial charge is 0.457 e. The molecule has 116 valence electrons. The van der Waals surface area contributed by atoms with E-state index in [0.29, 0.717) is 6.54 Å². The zero-order valence-electron chi connectivity index (χ0n) is 13.7. The number of ether oxygens (including phenoxy) is 1. The molecule has 0 fully saturated rings. The Labute approximate surface area is 132 Å². The van der Waals surface area contributed by atoms with E-state index >= 15 is 0 Å². The molecule has 0 aliphatic carbocycles. The summed E-state index contributed by atoms with van der Waals surface area (Å²) in [6.07, 6.45) is 0. The Balaban J connectivity index is 2.10. The minimum Gasteiger partial charge on any atom is -0.457 e. The van der Waals surface area contributed by atoms with E-state index in [1.807, 2.05) is 86.5 Å². The highest BCUT2D eigenvalue weighted by atomic mass is 16.5. The number of hydrogen-bond acceptors (Lipinski definition) is 2. The number of para-hydroxylation sites is 1. The third-order valence-corrected chi connectivity index (χ3v) is 3.08. The summed E-state index contributed by atoms with van der Waals surface area (Å²) < 4.78 is 5.85. The Morgan fingerprint density at radius 3 is 2.14 bits per heavy atom. The van der Waals surface area contributed by atoms with Gasteiger partial charge >= 0.3 is 0 Å². The summed E-state index contributed by atoms with van der Waals surface area (Å²) in [4.78, 5) is 8.66. The molecular weight excluding hydrogens is 274 g/mol. The monoisotopic (exact) mass is 297 g/mol. The molecule has 0 unspecified atom stereocenters. The first kappa shape index (κ1) is 15.9. The van der Waals surface area contributed by atoms with E-state index in [0.717, 1.165) is 23.0 Å². The molecule has 22 heavy (non-hydrogen) atoms. The van der Waals surface area contributed by atoms with Crippen LogP contribution in [0.25, 0.3) is 0 Å². The molecule has 0 aliphatic heterocycles. The van der Waals surface area contributed by atoms with Gasteiger partial charge in [0.05, 0.1) is 6.54 Å². The minimum atomic E-state index is 0.623. The van der Waals surface area contributed by atoms with Crippen LogP contribution in [-0.4, -0.2) is 44.0 Å². The molecule has 0 amide bonds. The van der Waals surface area contributed by atoms with E-state index in [1.165, 1.54) is 0 Å². The van der Waals surface area contributed by atoms with Crippen LogP contribution in [0.1, 0.15) is 5.56 Å². The van der Waals surface area contributed by atoms with Crippen molar-refractivity contribution in [3.05, 3.63) is 60.2 Å². The molecule has 0 spiro atoms. The lowest BCUT2D eigenvalue weighted by molar-refractivity contribution is 0.477. The lowest BCUT2D eigenvalue weighted by Crippen LogP contribution is -2.35. The SMILES string of the molecule is CN(C)C(=NCc1cccc(Oc2ccccc2)c1)N(C)C. The minimum absolute atomic E-state index is 0.623. The fraction of sp³-hybridized carbons (Fsp3) is 0.278. The van der Waals surface area contributed by atoms with Crippen LogP contribution in [0.3, 0.4) is 0 Å². The Bertz CT molecular complexity index is 611. The van der Waals surface area contributed by atoms with E-state index in [-0.39, 0.29) is 0 Å². The first-order chi connectivity index (χ1) is 10.6. The van der Waals surface area contributed by atoms with Crippen LogP contribution in [-0.2, 0) is 6.54 Å². The predicted octanol–water partition coefficient (Wildman–Crippen LogP) is 3.46. The molecule has 4 nitrogen and oxygen atoms in total. The second kappa shape index (κ2) is 7.50. The van der Waals surface area contributed by atoms with E-state index < -0.39 is 0 Å². The zero-order valence-corrected chi connectivity index (χ0v) is 13.7. The molecule has 0 N–H and O–H groups in total. The number of hydrogen-bond donors (Lipinski definition) is 0. The molecule has 0 saturated heterocycles. The van der Waals surface area contributed by atoms with Gasteiger partial charge in [-0.2, -0.15) is 0 Å². The molecule has 0 atom stereocenters. The molecule has 0 heterocycles. The van der Waals surface area contributed by atoms with Gasteiger partial charge in [0, 0.05) is 28.2 Å². The molecule has 2 aromatic rings. The highest BCUT2D eigenvalue weighted by Crippen LogP contribution is 2.22. The quantitative estimate of drug-likeness (QED) is 0.639. The fourth-order valence-corrected chi connectivity index (χ4v) is 2.18.